The zero-order valence-corrected chi connectivity index (χ0v) is 15.9. The molecule has 3 aromatic rings. The van der Waals surface area contributed by atoms with Crippen molar-refractivity contribution in [2.45, 2.75) is 38.9 Å². The van der Waals surface area contributed by atoms with E-state index in [2.05, 4.69) is 15.3 Å². The van der Waals surface area contributed by atoms with Crippen molar-refractivity contribution in [1.29, 1.82) is 0 Å². The number of aromatic amines is 1. The van der Waals surface area contributed by atoms with Crippen LogP contribution in [0.3, 0.4) is 0 Å². The van der Waals surface area contributed by atoms with Crippen molar-refractivity contribution in [1.82, 2.24) is 9.97 Å². The third-order valence-corrected chi connectivity index (χ3v) is 4.76. The molecule has 2 heterocycles. The van der Waals surface area contributed by atoms with E-state index < -0.39 is 11.2 Å². The van der Waals surface area contributed by atoms with Crippen LogP contribution in [0.1, 0.15) is 38.2 Å². The van der Waals surface area contributed by atoms with E-state index in [1.807, 2.05) is 38.1 Å². The molecule has 3 rings (SSSR count). The third kappa shape index (κ3) is 4.38. The SMILES string of the molecule is CC(C)(O)C(C)(C)O[B]c1ccc2cc(C(=O)Nc3ccccn3)[nH]c2c1. The van der Waals surface area contributed by atoms with Crippen molar-refractivity contribution in [2.75, 3.05) is 5.32 Å². The van der Waals surface area contributed by atoms with E-state index in [1.54, 1.807) is 45.7 Å². The molecule has 1 radical (unpaired) electrons. The lowest BCUT2D eigenvalue weighted by Crippen LogP contribution is -2.49. The van der Waals surface area contributed by atoms with Crippen molar-refractivity contribution in [2.24, 2.45) is 0 Å². The lowest BCUT2D eigenvalue weighted by atomic mass is 9.82. The van der Waals surface area contributed by atoms with Crippen LogP contribution in [0.25, 0.3) is 10.9 Å². The van der Waals surface area contributed by atoms with E-state index in [0.717, 1.165) is 16.4 Å². The van der Waals surface area contributed by atoms with Crippen LogP contribution >= 0.6 is 0 Å². The molecule has 0 fully saturated rings. The second-order valence-electron chi connectivity index (χ2n) is 7.50. The van der Waals surface area contributed by atoms with Crippen LogP contribution in [0.15, 0.2) is 48.7 Å². The van der Waals surface area contributed by atoms with E-state index in [-0.39, 0.29) is 5.91 Å². The van der Waals surface area contributed by atoms with Gasteiger partial charge in [0.1, 0.15) is 11.5 Å². The predicted molar refractivity (Wildman–Crippen MR) is 107 cm³/mol. The maximum Gasteiger partial charge on any atom is 0.330 e. The topological polar surface area (TPSA) is 87.2 Å². The van der Waals surface area contributed by atoms with Gasteiger partial charge < -0.3 is 20.1 Å². The first-order valence-corrected chi connectivity index (χ1v) is 8.74. The molecule has 1 aromatic carbocycles. The van der Waals surface area contributed by atoms with Gasteiger partial charge in [-0.2, -0.15) is 0 Å². The number of hydrogen-bond donors (Lipinski definition) is 3. The van der Waals surface area contributed by atoms with Gasteiger partial charge in [0.05, 0.1) is 11.2 Å². The molecule has 0 saturated heterocycles. The smallest absolute Gasteiger partial charge is 0.330 e. The number of H-pyrrole nitrogens is 1. The summed E-state index contributed by atoms with van der Waals surface area (Å²) in [6.45, 7) is 7.08. The van der Waals surface area contributed by atoms with Gasteiger partial charge in [-0.05, 0) is 52.0 Å². The van der Waals surface area contributed by atoms with Crippen LogP contribution in [0, 0.1) is 0 Å². The first kappa shape index (κ1) is 19.1. The average molecular weight is 364 g/mol. The third-order valence-electron chi connectivity index (χ3n) is 4.76. The van der Waals surface area contributed by atoms with Gasteiger partial charge in [0.2, 0.25) is 0 Å². The molecule has 0 saturated carbocycles. The van der Waals surface area contributed by atoms with Crippen LogP contribution in [0.2, 0.25) is 0 Å². The molecule has 0 aliphatic heterocycles. The Morgan fingerprint density at radius 3 is 2.63 bits per heavy atom. The maximum atomic E-state index is 12.4. The van der Waals surface area contributed by atoms with E-state index in [4.69, 9.17) is 4.65 Å². The Bertz CT molecular complexity index is 946. The number of anilines is 1. The van der Waals surface area contributed by atoms with Gasteiger partial charge in [-0.25, -0.2) is 4.98 Å². The molecule has 0 atom stereocenters. The molecule has 0 bridgehead atoms. The molecule has 7 heteroatoms. The van der Waals surface area contributed by atoms with Crippen molar-refractivity contribution in [3.8, 4) is 0 Å². The molecule has 2 aromatic heterocycles. The molecule has 0 aliphatic carbocycles. The number of fused-ring (bicyclic) bond motifs is 1. The van der Waals surface area contributed by atoms with Gasteiger partial charge in [-0.15, -0.1) is 0 Å². The monoisotopic (exact) mass is 364 g/mol. The molecular formula is C20H23BN3O3. The lowest BCUT2D eigenvalue weighted by Gasteiger charge is -2.37. The Hall–Kier alpha value is -2.64. The minimum Gasteiger partial charge on any atom is -0.427 e. The van der Waals surface area contributed by atoms with E-state index in [9.17, 15) is 9.90 Å². The number of benzene rings is 1. The maximum absolute atomic E-state index is 12.4. The summed E-state index contributed by atoms with van der Waals surface area (Å²) in [6.07, 6.45) is 1.62. The van der Waals surface area contributed by atoms with E-state index >= 15 is 0 Å². The van der Waals surface area contributed by atoms with Crippen molar-refractivity contribution in [3.63, 3.8) is 0 Å². The summed E-state index contributed by atoms with van der Waals surface area (Å²) in [4.78, 5) is 19.6. The highest BCUT2D eigenvalue weighted by Gasteiger charge is 2.35. The molecule has 0 aliphatic rings. The molecule has 27 heavy (non-hydrogen) atoms. The zero-order valence-electron chi connectivity index (χ0n) is 15.9. The molecule has 3 N–H and O–H groups in total. The number of carbonyl (C=O) groups is 1. The Kier molecular flexibility index (Phi) is 5.08. The number of aliphatic hydroxyl groups is 1. The second-order valence-corrected chi connectivity index (χ2v) is 7.50. The molecule has 139 valence electrons. The number of amides is 1. The summed E-state index contributed by atoms with van der Waals surface area (Å²) in [7, 11) is 1.62. The molecule has 0 spiro atoms. The Labute approximate surface area is 159 Å². The molecule has 6 nitrogen and oxygen atoms in total. The summed E-state index contributed by atoms with van der Waals surface area (Å²) in [6, 6.07) is 12.8. The van der Waals surface area contributed by atoms with Gasteiger partial charge in [0.25, 0.3) is 5.91 Å². The van der Waals surface area contributed by atoms with Gasteiger partial charge in [0, 0.05) is 17.1 Å². The quantitative estimate of drug-likeness (QED) is 0.587. The van der Waals surface area contributed by atoms with Crippen molar-refractivity contribution < 1.29 is 14.6 Å². The molecular weight excluding hydrogens is 341 g/mol. The molecule has 1 amide bonds. The normalized spacial score (nSPS) is 12.2. The van der Waals surface area contributed by atoms with Gasteiger partial charge in [-0.3, -0.25) is 4.79 Å². The number of hydrogen-bond acceptors (Lipinski definition) is 4. The van der Waals surface area contributed by atoms with Crippen LogP contribution in [0.4, 0.5) is 5.82 Å². The average Bonchev–Trinajstić information content (AvgIpc) is 3.03. The zero-order chi connectivity index (χ0) is 19.7. The summed E-state index contributed by atoms with van der Waals surface area (Å²) < 4.78 is 5.79. The summed E-state index contributed by atoms with van der Waals surface area (Å²) in [5.74, 6) is 0.243. The Morgan fingerprint density at radius 2 is 1.96 bits per heavy atom. The van der Waals surface area contributed by atoms with Crippen LogP contribution in [0.5, 0.6) is 0 Å². The number of aromatic nitrogens is 2. The summed E-state index contributed by atoms with van der Waals surface area (Å²) in [5.41, 5.74) is 0.367. The fourth-order valence-corrected chi connectivity index (χ4v) is 2.32. The largest absolute Gasteiger partial charge is 0.427 e. The standard InChI is InChI=1S/C20H23BN3O3/c1-19(2,26)20(3,4)27-21-14-9-8-13-11-16(23-15(13)12-14)18(25)24-17-7-5-6-10-22-17/h5-12,23,26H,1-4H3,(H,22,24,25). The fraction of sp³-hybridized carbons (Fsp3) is 0.300. The van der Waals surface area contributed by atoms with Gasteiger partial charge >= 0.3 is 7.48 Å². The predicted octanol–water partition coefficient (Wildman–Crippen LogP) is 2.63. The molecule has 0 unspecified atom stereocenters. The number of pyridine rings is 1. The summed E-state index contributed by atoms with van der Waals surface area (Å²) >= 11 is 0. The first-order valence-electron chi connectivity index (χ1n) is 8.74. The number of carbonyl (C=O) groups excluding carboxylic acids is 1. The minimum atomic E-state index is -0.989. The van der Waals surface area contributed by atoms with Crippen LogP contribution in [-0.4, -0.2) is 39.7 Å². The second kappa shape index (κ2) is 7.17. The van der Waals surface area contributed by atoms with Gasteiger partial charge in [-0.1, -0.05) is 23.7 Å². The highest BCUT2D eigenvalue weighted by Crippen LogP contribution is 2.24. The van der Waals surface area contributed by atoms with Crippen LogP contribution < -0.4 is 10.8 Å². The van der Waals surface area contributed by atoms with E-state index in [1.165, 1.54) is 0 Å². The highest BCUT2D eigenvalue weighted by atomic mass is 16.5. The first-order chi connectivity index (χ1) is 12.7. The van der Waals surface area contributed by atoms with Crippen molar-refractivity contribution >= 4 is 35.6 Å². The minimum absolute atomic E-state index is 0.255. The van der Waals surface area contributed by atoms with Crippen molar-refractivity contribution in [3.05, 3.63) is 54.4 Å². The Balaban J connectivity index is 1.74. The highest BCUT2D eigenvalue weighted by molar-refractivity contribution is 6.47. The van der Waals surface area contributed by atoms with E-state index in [0.29, 0.717) is 11.5 Å². The Morgan fingerprint density at radius 1 is 1.19 bits per heavy atom. The van der Waals surface area contributed by atoms with Gasteiger partial charge in [0.15, 0.2) is 0 Å². The number of nitrogens with one attached hydrogen (secondary N) is 2. The number of rotatable bonds is 6. The van der Waals surface area contributed by atoms with Crippen LogP contribution in [-0.2, 0) is 4.65 Å². The number of nitrogens with zero attached hydrogens (tertiary/aromatic N) is 1. The summed E-state index contributed by atoms with van der Waals surface area (Å²) in [5, 5.41) is 13.9. The fourth-order valence-electron chi connectivity index (χ4n) is 2.32. The lowest BCUT2D eigenvalue weighted by molar-refractivity contribution is -0.0893.